The first-order chi connectivity index (χ1) is 8.72. The summed E-state index contributed by atoms with van der Waals surface area (Å²) in [6.45, 7) is 0.363. The number of aliphatic hydroxyl groups excluding tert-OH is 1. The van der Waals surface area contributed by atoms with Crippen LogP contribution in [0.3, 0.4) is 0 Å². The molecule has 0 saturated heterocycles. The van der Waals surface area contributed by atoms with Crippen molar-refractivity contribution in [3.05, 3.63) is 29.8 Å². The number of carbonyl (C=O) groups is 1. The molecule has 0 fully saturated rings. The van der Waals surface area contributed by atoms with Crippen molar-refractivity contribution in [2.75, 3.05) is 27.4 Å². The van der Waals surface area contributed by atoms with Gasteiger partial charge in [-0.25, -0.2) is 0 Å². The van der Waals surface area contributed by atoms with Crippen LogP contribution in [0.1, 0.15) is 16.8 Å². The molecule has 1 unspecified atom stereocenters. The van der Waals surface area contributed by atoms with Crippen molar-refractivity contribution in [2.24, 2.45) is 0 Å². The predicted molar refractivity (Wildman–Crippen MR) is 67.8 cm³/mol. The van der Waals surface area contributed by atoms with E-state index in [1.807, 2.05) is 0 Å². The maximum atomic E-state index is 12.1. The quantitative estimate of drug-likeness (QED) is 0.755. The fraction of sp³-hybridized carbons (Fsp3) is 0.462. The maximum Gasteiger partial charge on any atom is 0.255 e. The third-order valence-electron chi connectivity index (χ3n) is 2.53. The fourth-order valence-corrected chi connectivity index (χ4v) is 1.65. The molecule has 2 N–H and O–H groups in total. The Kier molecular flexibility index (Phi) is 6.18. The Balaban J connectivity index is 2.73. The first kappa shape index (κ1) is 14.5. The summed E-state index contributed by atoms with van der Waals surface area (Å²) in [5.41, 5.74) is 0.471. The van der Waals surface area contributed by atoms with Crippen LogP contribution in [0.4, 0.5) is 0 Å². The van der Waals surface area contributed by atoms with Crippen LogP contribution in [0, 0.1) is 0 Å². The molecule has 1 aromatic carbocycles. The van der Waals surface area contributed by atoms with Crippen molar-refractivity contribution in [2.45, 2.75) is 12.5 Å². The zero-order chi connectivity index (χ0) is 13.4. The van der Waals surface area contributed by atoms with E-state index in [9.17, 15) is 4.79 Å². The summed E-state index contributed by atoms with van der Waals surface area (Å²) in [6, 6.07) is 6.78. The first-order valence-electron chi connectivity index (χ1n) is 5.76. The lowest BCUT2D eigenvalue weighted by Crippen LogP contribution is -2.38. The van der Waals surface area contributed by atoms with Crippen LogP contribution >= 0.6 is 0 Å². The second kappa shape index (κ2) is 7.68. The van der Waals surface area contributed by atoms with Crippen LogP contribution in [0.25, 0.3) is 0 Å². The fourth-order valence-electron chi connectivity index (χ4n) is 1.65. The zero-order valence-corrected chi connectivity index (χ0v) is 10.7. The van der Waals surface area contributed by atoms with E-state index < -0.39 is 0 Å². The number of methoxy groups -OCH3 is 2. The zero-order valence-electron chi connectivity index (χ0n) is 10.7. The molecule has 0 radical (unpaired) electrons. The number of benzene rings is 1. The van der Waals surface area contributed by atoms with Gasteiger partial charge in [0.05, 0.1) is 25.3 Å². The van der Waals surface area contributed by atoms with E-state index in [-0.39, 0.29) is 18.6 Å². The van der Waals surface area contributed by atoms with Crippen molar-refractivity contribution in [1.29, 1.82) is 0 Å². The van der Waals surface area contributed by atoms with Crippen LogP contribution in [0.2, 0.25) is 0 Å². The molecule has 100 valence electrons. The van der Waals surface area contributed by atoms with Gasteiger partial charge in [0.25, 0.3) is 5.91 Å². The Morgan fingerprint density at radius 3 is 2.72 bits per heavy atom. The van der Waals surface area contributed by atoms with E-state index in [0.717, 1.165) is 0 Å². The number of amides is 1. The number of hydrogen-bond acceptors (Lipinski definition) is 4. The number of rotatable bonds is 7. The Hall–Kier alpha value is -1.59. The minimum absolute atomic E-state index is 0.000229. The highest BCUT2D eigenvalue weighted by atomic mass is 16.5. The van der Waals surface area contributed by atoms with Crippen molar-refractivity contribution in [1.82, 2.24) is 5.32 Å². The monoisotopic (exact) mass is 253 g/mol. The SMILES string of the molecule is COCC(CCO)NC(=O)c1ccccc1OC. The molecule has 0 aliphatic rings. The number of carbonyl (C=O) groups excluding carboxylic acids is 1. The van der Waals surface area contributed by atoms with E-state index in [1.165, 1.54) is 7.11 Å². The van der Waals surface area contributed by atoms with Gasteiger partial charge in [-0.05, 0) is 18.6 Å². The van der Waals surface area contributed by atoms with Crippen LogP contribution in [-0.4, -0.2) is 44.5 Å². The first-order valence-corrected chi connectivity index (χ1v) is 5.76. The minimum Gasteiger partial charge on any atom is -0.496 e. The Morgan fingerprint density at radius 2 is 2.11 bits per heavy atom. The summed E-state index contributed by atoms with van der Waals surface area (Å²) in [5, 5.41) is 11.7. The highest BCUT2D eigenvalue weighted by Gasteiger charge is 2.16. The molecule has 0 saturated carbocycles. The smallest absolute Gasteiger partial charge is 0.255 e. The molecule has 0 aliphatic heterocycles. The molecule has 1 atom stereocenters. The topological polar surface area (TPSA) is 67.8 Å². The summed E-state index contributed by atoms with van der Waals surface area (Å²) in [7, 11) is 3.08. The Morgan fingerprint density at radius 1 is 1.39 bits per heavy atom. The van der Waals surface area contributed by atoms with Gasteiger partial charge in [-0.3, -0.25) is 4.79 Å². The Bertz CT molecular complexity index is 375. The third-order valence-corrected chi connectivity index (χ3v) is 2.53. The number of hydrogen-bond donors (Lipinski definition) is 2. The van der Waals surface area contributed by atoms with Gasteiger partial charge in [-0.1, -0.05) is 12.1 Å². The molecule has 1 rings (SSSR count). The maximum absolute atomic E-state index is 12.1. The highest BCUT2D eigenvalue weighted by molar-refractivity contribution is 5.97. The summed E-state index contributed by atoms with van der Waals surface area (Å²) >= 11 is 0. The molecule has 0 bridgehead atoms. The molecule has 0 heterocycles. The molecule has 0 spiro atoms. The lowest BCUT2D eigenvalue weighted by atomic mass is 10.1. The minimum atomic E-state index is -0.233. The molecule has 5 nitrogen and oxygen atoms in total. The summed E-state index contributed by atoms with van der Waals surface area (Å²) < 4.78 is 10.1. The van der Waals surface area contributed by atoms with Gasteiger partial charge < -0.3 is 19.9 Å². The van der Waals surface area contributed by atoms with Crippen molar-refractivity contribution < 1.29 is 19.4 Å². The van der Waals surface area contributed by atoms with Gasteiger partial charge in [0.15, 0.2) is 0 Å². The predicted octanol–water partition coefficient (Wildman–Crippen LogP) is 0.822. The number of ether oxygens (including phenoxy) is 2. The van der Waals surface area contributed by atoms with Crippen LogP contribution in [0.5, 0.6) is 5.75 Å². The molecule has 0 aromatic heterocycles. The van der Waals surface area contributed by atoms with Gasteiger partial charge >= 0.3 is 0 Å². The average molecular weight is 253 g/mol. The van der Waals surface area contributed by atoms with Crippen molar-refractivity contribution in [3.8, 4) is 5.75 Å². The summed E-state index contributed by atoms with van der Waals surface area (Å²) in [6.07, 6.45) is 0.453. The Labute approximate surface area is 107 Å². The van der Waals surface area contributed by atoms with Gasteiger partial charge in [0.1, 0.15) is 5.75 Å². The molecule has 1 amide bonds. The van der Waals surface area contributed by atoms with Crippen molar-refractivity contribution in [3.63, 3.8) is 0 Å². The van der Waals surface area contributed by atoms with Gasteiger partial charge in [0.2, 0.25) is 0 Å². The number of aliphatic hydroxyl groups is 1. The van der Waals surface area contributed by atoms with Crippen LogP contribution in [-0.2, 0) is 4.74 Å². The van der Waals surface area contributed by atoms with E-state index >= 15 is 0 Å². The number of para-hydroxylation sites is 1. The molecule has 0 aliphatic carbocycles. The van der Waals surface area contributed by atoms with Crippen LogP contribution < -0.4 is 10.1 Å². The standard InChI is InChI=1S/C13H19NO4/c1-17-9-10(7-8-15)14-13(16)11-5-3-4-6-12(11)18-2/h3-6,10,15H,7-9H2,1-2H3,(H,14,16). The second-order valence-corrected chi connectivity index (χ2v) is 3.84. The molecular formula is C13H19NO4. The van der Waals surface area contributed by atoms with Crippen molar-refractivity contribution >= 4 is 5.91 Å². The van der Waals surface area contributed by atoms with E-state index in [4.69, 9.17) is 14.6 Å². The van der Waals surface area contributed by atoms with E-state index in [1.54, 1.807) is 31.4 Å². The molecule has 18 heavy (non-hydrogen) atoms. The lowest BCUT2D eigenvalue weighted by Gasteiger charge is -2.17. The average Bonchev–Trinajstić information content (AvgIpc) is 2.39. The lowest BCUT2D eigenvalue weighted by molar-refractivity contribution is 0.0876. The van der Waals surface area contributed by atoms with Crippen LogP contribution in [0.15, 0.2) is 24.3 Å². The molecular weight excluding hydrogens is 234 g/mol. The van der Waals surface area contributed by atoms with E-state index in [0.29, 0.717) is 24.3 Å². The second-order valence-electron chi connectivity index (χ2n) is 3.84. The highest BCUT2D eigenvalue weighted by Crippen LogP contribution is 2.17. The normalized spacial score (nSPS) is 11.9. The van der Waals surface area contributed by atoms with Gasteiger partial charge in [-0.2, -0.15) is 0 Å². The van der Waals surface area contributed by atoms with E-state index in [2.05, 4.69) is 5.32 Å². The summed E-state index contributed by atoms with van der Waals surface area (Å²) in [4.78, 5) is 12.1. The van der Waals surface area contributed by atoms with Gasteiger partial charge in [-0.15, -0.1) is 0 Å². The third kappa shape index (κ3) is 4.01. The number of nitrogens with one attached hydrogen (secondary N) is 1. The largest absolute Gasteiger partial charge is 0.496 e. The molecule has 1 aromatic rings. The van der Waals surface area contributed by atoms with Gasteiger partial charge in [0, 0.05) is 13.7 Å². The molecule has 5 heteroatoms. The summed E-state index contributed by atoms with van der Waals surface area (Å²) in [5.74, 6) is 0.290.